The molecule has 110 valence electrons. The van der Waals surface area contributed by atoms with Crippen LogP contribution >= 0.6 is 27.5 Å². The Labute approximate surface area is 135 Å². The molecule has 3 heteroatoms. The van der Waals surface area contributed by atoms with Crippen LogP contribution in [-0.4, -0.2) is 6.61 Å². The van der Waals surface area contributed by atoms with Gasteiger partial charge in [-0.15, -0.1) is 11.6 Å². The third kappa shape index (κ3) is 3.01. The maximum Gasteiger partial charge on any atom is 0.120 e. The molecule has 2 aliphatic carbocycles. The summed E-state index contributed by atoms with van der Waals surface area (Å²) in [6.45, 7) is 2.70. The zero-order valence-corrected chi connectivity index (χ0v) is 14.3. The standard InChI is InChI=1S/C17H22BrClO/c1-2-20-14-5-6-15(16(18)10-14)17(19)9-13-8-11-3-4-12(13)7-11/h5-6,10-13,17H,2-4,7-9H2,1H3. The average Bonchev–Trinajstić information content (AvgIpc) is 3.01. The number of alkyl halides is 1. The second kappa shape index (κ2) is 6.27. The van der Waals surface area contributed by atoms with E-state index in [0.29, 0.717) is 6.61 Å². The SMILES string of the molecule is CCOc1ccc(C(Cl)CC2CC3CCC2C3)c(Br)c1. The van der Waals surface area contributed by atoms with E-state index in [0.717, 1.165) is 34.4 Å². The number of benzene rings is 1. The van der Waals surface area contributed by atoms with Gasteiger partial charge in [0.25, 0.3) is 0 Å². The number of ether oxygens (including phenoxy) is 1. The fraction of sp³-hybridized carbons (Fsp3) is 0.647. The zero-order chi connectivity index (χ0) is 14.1. The van der Waals surface area contributed by atoms with E-state index in [1.807, 2.05) is 19.1 Å². The van der Waals surface area contributed by atoms with E-state index in [-0.39, 0.29) is 5.38 Å². The van der Waals surface area contributed by atoms with Gasteiger partial charge >= 0.3 is 0 Å². The van der Waals surface area contributed by atoms with Crippen LogP contribution in [-0.2, 0) is 0 Å². The summed E-state index contributed by atoms with van der Waals surface area (Å²) < 4.78 is 6.60. The third-order valence-corrected chi connectivity index (χ3v) is 6.11. The molecule has 2 fully saturated rings. The molecule has 2 bridgehead atoms. The Morgan fingerprint density at radius 3 is 2.80 bits per heavy atom. The van der Waals surface area contributed by atoms with Crippen molar-refractivity contribution in [3.8, 4) is 5.75 Å². The molecule has 0 spiro atoms. The Balaban J connectivity index is 1.66. The van der Waals surface area contributed by atoms with Gasteiger partial charge < -0.3 is 4.74 Å². The number of hydrogen-bond acceptors (Lipinski definition) is 1. The number of fused-ring (bicyclic) bond motifs is 2. The summed E-state index contributed by atoms with van der Waals surface area (Å²) in [6, 6.07) is 6.18. The molecule has 1 aromatic carbocycles. The molecule has 2 aliphatic rings. The minimum atomic E-state index is 0.115. The maximum absolute atomic E-state index is 6.69. The maximum atomic E-state index is 6.69. The predicted molar refractivity (Wildman–Crippen MR) is 87.5 cm³/mol. The Hall–Kier alpha value is -0.210. The van der Waals surface area contributed by atoms with Crippen molar-refractivity contribution in [2.24, 2.45) is 17.8 Å². The van der Waals surface area contributed by atoms with E-state index in [4.69, 9.17) is 16.3 Å². The fourth-order valence-corrected chi connectivity index (χ4v) is 5.26. The highest BCUT2D eigenvalue weighted by atomic mass is 79.9. The van der Waals surface area contributed by atoms with E-state index in [2.05, 4.69) is 22.0 Å². The van der Waals surface area contributed by atoms with Crippen LogP contribution in [0.15, 0.2) is 22.7 Å². The second-order valence-corrected chi connectivity index (χ2v) is 7.64. The lowest BCUT2D eigenvalue weighted by molar-refractivity contribution is 0.311. The van der Waals surface area contributed by atoms with E-state index in [9.17, 15) is 0 Å². The Kier molecular flexibility index (Phi) is 4.62. The molecule has 1 aromatic rings. The van der Waals surface area contributed by atoms with Crippen molar-refractivity contribution in [3.63, 3.8) is 0 Å². The van der Waals surface area contributed by atoms with E-state index < -0.39 is 0 Å². The summed E-state index contributed by atoms with van der Waals surface area (Å²) in [7, 11) is 0. The van der Waals surface area contributed by atoms with Gasteiger partial charge in [0.15, 0.2) is 0 Å². The molecule has 2 saturated carbocycles. The largest absolute Gasteiger partial charge is 0.494 e. The van der Waals surface area contributed by atoms with Gasteiger partial charge in [0.05, 0.1) is 12.0 Å². The predicted octanol–water partition coefficient (Wildman–Crippen LogP) is 5.95. The topological polar surface area (TPSA) is 9.23 Å². The highest BCUT2D eigenvalue weighted by Crippen LogP contribution is 2.52. The van der Waals surface area contributed by atoms with Crippen LogP contribution in [0.5, 0.6) is 5.75 Å². The normalized spacial score (nSPS) is 29.6. The van der Waals surface area contributed by atoms with Crippen LogP contribution in [0.3, 0.4) is 0 Å². The summed E-state index contributed by atoms with van der Waals surface area (Å²) in [5.74, 6) is 3.70. The lowest BCUT2D eigenvalue weighted by atomic mass is 9.84. The van der Waals surface area contributed by atoms with Crippen LogP contribution in [0.2, 0.25) is 0 Å². The first-order valence-corrected chi connectivity index (χ1v) is 8.96. The van der Waals surface area contributed by atoms with E-state index in [1.54, 1.807) is 0 Å². The van der Waals surface area contributed by atoms with Crippen molar-refractivity contribution >= 4 is 27.5 Å². The Morgan fingerprint density at radius 1 is 1.35 bits per heavy atom. The first-order chi connectivity index (χ1) is 9.67. The lowest BCUT2D eigenvalue weighted by Gasteiger charge is -2.24. The van der Waals surface area contributed by atoms with Crippen molar-refractivity contribution in [2.75, 3.05) is 6.61 Å². The molecular weight excluding hydrogens is 336 g/mol. The molecular formula is C17H22BrClO. The van der Waals surface area contributed by atoms with Gasteiger partial charge in [0.2, 0.25) is 0 Å². The van der Waals surface area contributed by atoms with Gasteiger partial charge in [0, 0.05) is 4.47 Å². The summed E-state index contributed by atoms with van der Waals surface area (Å²) in [6.07, 6.45) is 6.88. The number of halogens is 2. The number of rotatable bonds is 5. The smallest absolute Gasteiger partial charge is 0.120 e. The van der Waals surface area contributed by atoms with E-state index >= 15 is 0 Å². The molecule has 0 amide bonds. The highest BCUT2D eigenvalue weighted by Gasteiger charge is 2.40. The zero-order valence-electron chi connectivity index (χ0n) is 11.9. The van der Waals surface area contributed by atoms with Crippen LogP contribution in [0.4, 0.5) is 0 Å². The minimum Gasteiger partial charge on any atom is -0.494 e. The van der Waals surface area contributed by atoms with Gasteiger partial charge in [0.1, 0.15) is 5.75 Å². The summed E-state index contributed by atoms with van der Waals surface area (Å²) >= 11 is 10.3. The van der Waals surface area contributed by atoms with Gasteiger partial charge in [-0.3, -0.25) is 0 Å². The average molecular weight is 358 g/mol. The molecule has 4 unspecified atom stereocenters. The molecule has 1 nitrogen and oxygen atoms in total. The molecule has 0 heterocycles. The fourth-order valence-electron chi connectivity index (χ4n) is 4.08. The molecule has 0 N–H and O–H groups in total. The quantitative estimate of drug-likeness (QED) is 0.591. The van der Waals surface area contributed by atoms with Crippen molar-refractivity contribution in [1.82, 2.24) is 0 Å². The van der Waals surface area contributed by atoms with Gasteiger partial charge in [-0.1, -0.05) is 28.4 Å². The minimum absolute atomic E-state index is 0.115. The first-order valence-electron chi connectivity index (χ1n) is 7.73. The summed E-state index contributed by atoms with van der Waals surface area (Å²) in [5, 5.41) is 0.115. The second-order valence-electron chi connectivity index (χ2n) is 6.25. The lowest BCUT2D eigenvalue weighted by Crippen LogP contribution is -2.12. The molecule has 0 radical (unpaired) electrons. The van der Waals surface area contributed by atoms with Crippen molar-refractivity contribution < 1.29 is 4.74 Å². The van der Waals surface area contributed by atoms with Gasteiger partial charge in [-0.2, -0.15) is 0 Å². The number of hydrogen-bond donors (Lipinski definition) is 0. The van der Waals surface area contributed by atoms with Crippen molar-refractivity contribution in [3.05, 3.63) is 28.2 Å². The van der Waals surface area contributed by atoms with Gasteiger partial charge in [-0.25, -0.2) is 0 Å². The van der Waals surface area contributed by atoms with Crippen LogP contribution in [0.1, 0.15) is 50.0 Å². The molecule has 0 aromatic heterocycles. The first kappa shape index (κ1) is 14.7. The summed E-state index contributed by atoms with van der Waals surface area (Å²) in [4.78, 5) is 0. The monoisotopic (exact) mass is 356 g/mol. The Bertz CT molecular complexity index is 476. The molecule has 3 rings (SSSR count). The van der Waals surface area contributed by atoms with Gasteiger partial charge in [-0.05, 0) is 68.1 Å². The van der Waals surface area contributed by atoms with Crippen molar-refractivity contribution in [2.45, 2.75) is 44.4 Å². The highest BCUT2D eigenvalue weighted by molar-refractivity contribution is 9.10. The van der Waals surface area contributed by atoms with Crippen molar-refractivity contribution in [1.29, 1.82) is 0 Å². The molecule has 0 aliphatic heterocycles. The third-order valence-electron chi connectivity index (χ3n) is 5.01. The van der Waals surface area contributed by atoms with E-state index in [1.165, 1.54) is 31.2 Å². The van der Waals surface area contributed by atoms with Crippen LogP contribution in [0.25, 0.3) is 0 Å². The summed E-state index contributed by atoms with van der Waals surface area (Å²) in [5.41, 5.74) is 1.21. The Morgan fingerprint density at radius 2 is 2.20 bits per heavy atom. The molecule has 0 saturated heterocycles. The molecule has 4 atom stereocenters. The molecule has 20 heavy (non-hydrogen) atoms. The van der Waals surface area contributed by atoms with Crippen LogP contribution < -0.4 is 4.74 Å². The van der Waals surface area contributed by atoms with Crippen LogP contribution in [0, 0.1) is 17.8 Å².